The van der Waals surface area contributed by atoms with E-state index in [0.717, 1.165) is 40.8 Å². The first-order chi connectivity index (χ1) is 12.8. The van der Waals surface area contributed by atoms with E-state index >= 15 is 0 Å². The first-order valence-electron chi connectivity index (χ1n) is 9.49. The Labute approximate surface area is 162 Å². The average molecular weight is 389 g/mol. The van der Waals surface area contributed by atoms with Crippen molar-refractivity contribution in [2.75, 3.05) is 19.7 Å². The van der Waals surface area contributed by atoms with Gasteiger partial charge in [0.25, 0.3) is 0 Å². The summed E-state index contributed by atoms with van der Waals surface area (Å²) in [4.78, 5) is 4.60. The summed E-state index contributed by atoms with van der Waals surface area (Å²) in [7, 11) is -3.64. The summed E-state index contributed by atoms with van der Waals surface area (Å²) >= 11 is 0. The van der Waals surface area contributed by atoms with Gasteiger partial charge in [-0.25, -0.2) is 8.42 Å². The number of rotatable bonds is 6. The van der Waals surface area contributed by atoms with Crippen molar-refractivity contribution in [2.24, 2.45) is 0 Å². The number of nitrogens with zero attached hydrogens (tertiary/aromatic N) is 2. The van der Waals surface area contributed by atoms with E-state index in [9.17, 15) is 8.42 Å². The zero-order chi connectivity index (χ0) is 19.6. The number of sulfonamides is 1. The SMILES string of the molecule is CCN(CC1CCCO1)S(=O)(=O)c1cc(C)c(C)cc1-c1ccnc(C)c1. The number of ether oxygens (including phenoxy) is 1. The van der Waals surface area contributed by atoms with Crippen molar-refractivity contribution < 1.29 is 13.2 Å². The van der Waals surface area contributed by atoms with Gasteiger partial charge in [-0.3, -0.25) is 4.98 Å². The van der Waals surface area contributed by atoms with E-state index in [4.69, 9.17) is 4.74 Å². The molecule has 1 aromatic carbocycles. The van der Waals surface area contributed by atoms with Crippen LogP contribution in [0.15, 0.2) is 35.4 Å². The number of hydrogen-bond donors (Lipinski definition) is 0. The molecule has 3 rings (SSSR count). The molecule has 0 amide bonds. The van der Waals surface area contributed by atoms with Gasteiger partial charge in [0.1, 0.15) is 0 Å². The first kappa shape index (κ1) is 20.0. The Morgan fingerprint density at radius 2 is 1.93 bits per heavy atom. The fraction of sp³-hybridized carbons (Fsp3) is 0.476. The summed E-state index contributed by atoms with van der Waals surface area (Å²) < 4.78 is 34.3. The van der Waals surface area contributed by atoms with E-state index in [1.54, 1.807) is 16.6 Å². The summed E-state index contributed by atoms with van der Waals surface area (Å²) in [5.41, 5.74) is 4.50. The van der Waals surface area contributed by atoms with E-state index in [2.05, 4.69) is 4.98 Å². The maximum Gasteiger partial charge on any atom is 0.243 e. The Hall–Kier alpha value is -1.76. The highest BCUT2D eigenvalue weighted by Gasteiger charge is 2.30. The molecular formula is C21H28N2O3S. The summed E-state index contributed by atoms with van der Waals surface area (Å²) in [5.74, 6) is 0. The van der Waals surface area contributed by atoms with Crippen LogP contribution in [0.4, 0.5) is 0 Å². The predicted molar refractivity (Wildman–Crippen MR) is 107 cm³/mol. The minimum atomic E-state index is -3.64. The molecule has 0 radical (unpaired) electrons. The largest absolute Gasteiger partial charge is 0.377 e. The van der Waals surface area contributed by atoms with Crippen LogP contribution in [0.1, 0.15) is 36.6 Å². The first-order valence-corrected chi connectivity index (χ1v) is 10.9. The molecule has 0 N–H and O–H groups in total. The maximum atomic E-state index is 13.5. The molecule has 0 aliphatic carbocycles. The number of hydrogen-bond acceptors (Lipinski definition) is 4. The minimum absolute atomic E-state index is 0.0158. The molecule has 5 nitrogen and oxygen atoms in total. The van der Waals surface area contributed by atoms with Crippen molar-refractivity contribution in [3.05, 3.63) is 47.3 Å². The standard InChI is InChI=1S/C21H28N2O3S/c1-5-23(14-19-7-6-10-26-19)27(24,25)21-12-16(3)15(2)11-20(21)18-8-9-22-17(4)13-18/h8-9,11-13,19H,5-7,10,14H2,1-4H3. The van der Waals surface area contributed by atoms with Crippen molar-refractivity contribution in [1.29, 1.82) is 0 Å². The second-order valence-electron chi connectivity index (χ2n) is 7.21. The van der Waals surface area contributed by atoms with Gasteiger partial charge in [0.15, 0.2) is 0 Å². The van der Waals surface area contributed by atoms with E-state index in [1.165, 1.54) is 0 Å². The molecule has 1 fully saturated rings. The average Bonchev–Trinajstić information content (AvgIpc) is 3.14. The number of aryl methyl sites for hydroxylation is 3. The van der Waals surface area contributed by atoms with Crippen LogP contribution >= 0.6 is 0 Å². The fourth-order valence-corrected chi connectivity index (χ4v) is 5.25. The van der Waals surface area contributed by atoms with Crippen LogP contribution in [0.5, 0.6) is 0 Å². The van der Waals surface area contributed by atoms with Crippen LogP contribution in [-0.2, 0) is 14.8 Å². The second kappa shape index (κ2) is 8.09. The quantitative estimate of drug-likeness (QED) is 0.754. The maximum absolute atomic E-state index is 13.5. The number of likely N-dealkylation sites (N-methyl/N-ethyl adjacent to an activating group) is 1. The van der Waals surface area contributed by atoms with Crippen molar-refractivity contribution in [3.63, 3.8) is 0 Å². The van der Waals surface area contributed by atoms with Gasteiger partial charge in [0, 0.05) is 37.2 Å². The van der Waals surface area contributed by atoms with Crippen LogP contribution in [0.25, 0.3) is 11.1 Å². The Bertz CT molecular complexity index is 919. The minimum Gasteiger partial charge on any atom is -0.377 e. The molecule has 0 saturated carbocycles. The summed E-state index contributed by atoms with van der Waals surface area (Å²) in [5, 5.41) is 0. The molecule has 1 aromatic heterocycles. The van der Waals surface area contributed by atoms with E-state index in [0.29, 0.717) is 24.6 Å². The lowest BCUT2D eigenvalue weighted by atomic mass is 10.0. The lowest BCUT2D eigenvalue weighted by molar-refractivity contribution is 0.0947. The fourth-order valence-electron chi connectivity index (χ4n) is 3.49. The Balaban J connectivity index is 2.09. The number of aromatic nitrogens is 1. The van der Waals surface area contributed by atoms with E-state index in [-0.39, 0.29) is 6.10 Å². The molecule has 2 heterocycles. The van der Waals surface area contributed by atoms with Gasteiger partial charge >= 0.3 is 0 Å². The highest BCUT2D eigenvalue weighted by Crippen LogP contribution is 2.32. The zero-order valence-electron chi connectivity index (χ0n) is 16.5. The Morgan fingerprint density at radius 1 is 1.19 bits per heavy atom. The molecule has 1 aliphatic rings. The smallest absolute Gasteiger partial charge is 0.243 e. The highest BCUT2D eigenvalue weighted by molar-refractivity contribution is 7.89. The molecule has 146 valence electrons. The lowest BCUT2D eigenvalue weighted by Crippen LogP contribution is -2.37. The molecular weight excluding hydrogens is 360 g/mol. The van der Waals surface area contributed by atoms with Gasteiger partial charge in [-0.2, -0.15) is 4.31 Å². The third-order valence-electron chi connectivity index (χ3n) is 5.21. The molecule has 6 heteroatoms. The molecule has 1 atom stereocenters. The van der Waals surface area contributed by atoms with E-state index < -0.39 is 10.0 Å². The van der Waals surface area contributed by atoms with Crippen LogP contribution in [0.2, 0.25) is 0 Å². The van der Waals surface area contributed by atoms with Crippen LogP contribution in [-0.4, -0.2) is 43.5 Å². The van der Waals surface area contributed by atoms with Gasteiger partial charge in [0.2, 0.25) is 10.0 Å². The third kappa shape index (κ3) is 4.23. The molecule has 1 saturated heterocycles. The van der Waals surface area contributed by atoms with Crippen molar-refractivity contribution in [3.8, 4) is 11.1 Å². The molecule has 2 aromatic rings. The topological polar surface area (TPSA) is 59.5 Å². The number of benzene rings is 1. The molecule has 0 spiro atoms. The van der Waals surface area contributed by atoms with Crippen LogP contribution < -0.4 is 0 Å². The van der Waals surface area contributed by atoms with Crippen LogP contribution in [0.3, 0.4) is 0 Å². The monoisotopic (exact) mass is 388 g/mol. The van der Waals surface area contributed by atoms with Crippen molar-refractivity contribution in [1.82, 2.24) is 9.29 Å². The van der Waals surface area contributed by atoms with Crippen molar-refractivity contribution in [2.45, 2.75) is 51.5 Å². The zero-order valence-corrected chi connectivity index (χ0v) is 17.3. The Kier molecular flexibility index (Phi) is 5.99. The van der Waals surface area contributed by atoms with Crippen LogP contribution in [0, 0.1) is 20.8 Å². The summed E-state index contributed by atoms with van der Waals surface area (Å²) in [6.07, 6.45) is 3.61. The lowest BCUT2D eigenvalue weighted by Gasteiger charge is -2.25. The molecule has 27 heavy (non-hydrogen) atoms. The van der Waals surface area contributed by atoms with Gasteiger partial charge in [0.05, 0.1) is 11.0 Å². The van der Waals surface area contributed by atoms with Gasteiger partial charge in [-0.05, 0) is 74.6 Å². The number of pyridine rings is 1. The summed E-state index contributed by atoms with van der Waals surface area (Å²) in [6.45, 7) is 9.29. The third-order valence-corrected chi connectivity index (χ3v) is 7.19. The summed E-state index contributed by atoms with van der Waals surface area (Å²) in [6, 6.07) is 7.57. The van der Waals surface area contributed by atoms with Gasteiger partial charge in [-0.1, -0.05) is 6.92 Å². The molecule has 1 unspecified atom stereocenters. The van der Waals surface area contributed by atoms with Gasteiger partial charge in [-0.15, -0.1) is 0 Å². The molecule has 0 bridgehead atoms. The predicted octanol–water partition coefficient (Wildman–Crippen LogP) is 3.86. The normalized spacial score (nSPS) is 17.6. The van der Waals surface area contributed by atoms with E-state index in [1.807, 2.05) is 45.9 Å². The van der Waals surface area contributed by atoms with Crippen molar-refractivity contribution >= 4 is 10.0 Å². The Morgan fingerprint density at radius 3 is 2.56 bits per heavy atom. The van der Waals surface area contributed by atoms with Gasteiger partial charge < -0.3 is 4.74 Å². The molecule has 1 aliphatic heterocycles. The second-order valence-corrected chi connectivity index (χ2v) is 9.12. The highest BCUT2D eigenvalue weighted by atomic mass is 32.2.